The summed E-state index contributed by atoms with van der Waals surface area (Å²) >= 11 is 9.56. The van der Waals surface area contributed by atoms with E-state index >= 15 is 0 Å². The normalized spacial score (nSPS) is 12.2. The highest BCUT2D eigenvalue weighted by Crippen LogP contribution is 2.36. The molecule has 1 rings (SSSR count). The second kappa shape index (κ2) is 6.27. The summed E-state index contributed by atoms with van der Waals surface area (Å²) in [6.45, 7) is 0.0120. The van der Waals surface area contributed by atoms with E-state index in [0.717, 1.165) is 0 Å². The van der Waals surface area contributed by atoms with Crippen LogP contribution in [0.5, 0.6) is 5.75 Å². The Morgan fingerprint density at radius 3 is 2.44 bits per heavy atom. The van der Waals surface area contributed by atoms with Crippen LogP contribution < -0.4 is 9.46 Å². The largest absolute Gasteiger partial charge is 0.464 e. The van der Waals surface area contributed by atoms with Crippen molar-refractivity contribution in [2.75, 3.05) is 18.6 Å². The minimum atomic E-state index is -2.18. The van der Waals surface area contributed by atoms with Gasteiger partial charge in [0.15, 0.2) is 12.5 Å². The second-order valence-corrected chi connectivity index (χ2v) is 4.19. The highest BCUT2D eigenvalue weighted by atomic mass is 35.5. The molecule has 1 aromatic carbocycles. The fourth-order valence-electron chi connectivity index (χ4n) is 0.975. The summed E-state index contributed by atoms with van der Waals surface area (Å²) in [6, 6.07) is 2.85. The third-order valence-electron chi connectivity index (χ3n) is 1.52. The van der Waals surface area contributed by atoms with Crippen molar-refractivity contribution in [3.8, 4) is 5.75 Å². The number of benzene rings is 1. The van der Waals surface area contributed by atoms with Gasteiger partial charge in [-0.2, -0.15) is 0 Å². The number of rotatable bonds is 5. The number of halogens is 2. The minimum Gasteiger partial charge on any atom is -0.464 e. The van der Waals surface area contributed by atoms with Gasteiger partial charge in [-0.25, -0.2) is 4.21 Å². The maximum atomic E-state index is 10.5. The minimum absolute atomic E-state index is 0.0120. The van der Waals surface area contributed by atoms with Crippen LogP contribution in [-0.2, 0) is 16.0 Å². The predicted octanol–water partition coefficient (Wildman–Crippen LogP) is 2.52. The third-order valence-corrected chi connectivity index (χ3v) is 2.50. The van der Waals surface area contributed by atoms with Crippen molar-refractivity contribution < 1.29 is 18.2 Å². The average molecular weight is 286 g/mol. The van der Waals surface area contributed by atoms with Gasteiger partial charge in [0.05, 0.1) is 15.7 Å². The Morgan fingerprint density at radius 2 is 2.00 bits per heavy atom. The van der Waals surface area contributed by atoms with Crippen LogP contribution in [0.2, 0.25) is 10.0 Å². The number of nitrogens with one attached hydrogen (secondary N) is 1. The van der Waals surface area contributed by atoms with Gasteiger partial charge in [-0.05, 0) is 12.1 Å². The first-order chi connectivity index (χ1) is 7.54. The average Bonchev–Trinajstić information content (AvgIpc) is 2.15. The summed E-state index contributed by atoms with van der Waals surface area (Å²) in [5, 5.41) is 0.440. The number of anilines is 1. The zero-order valence-corrected chi connectivity index (χ0v) is 10.5. The topological polar surface area (TPSA) is 67.8 Å². The lowest BCUT2D eigenvalue weighted by molar-refractivity contribution is 0.0513. The molecule has 1 unspecified atom stereocenters. The molecular weight excluding hydrogens is 277 g/mol. The van der Waals surface area contributed by atoms with Crippen molar-refractivity contribution in [1.82, 2.24) is 0 Å². The molecule has 0 spiro atoms. The Balaban J connectivity index is 2.93. The van der Waals surface area contributed by atoms with E-state index in [2.05, 4.69) is 4.72 Å². The van der Waals surface area contributed by atoms with Crippen molar-refractivity contribution in [3.05, 3.63) is 22.2 Å². The van der Waals surface area contributed by atoms with Gasteiger partial charge >= 0.3 is 0 Å². The van der Waals surface area contributed by atoms with Gasteiger partial charge in [0.25, 0.3) is 11.3 Å². The van der Waals surface area contributed by atoms with Gasteiger partial charge < -0.3 is 9.47 Å². The molecule has 2 N–H and O–H groups in total. The Bertz CT molecular complexity index is 379. The third kappa shape index (κ3) is 3.80. The maximum absolute atomic E-state index is 10.5. The van der Waals surface area contributed by atoms with E-state index in [1.807, 2.05) is 0 Å². The quantitative estimate of drug-likeness (QED) is 0.644. The van der Waals surface area contributed by atoms with E-state index in [1.54, 1.807) is 0 Å². The molecule has 0 aromatic heterocycles. The summed E-state index contributed by atoms with van der Waals surface area (Å²) in [6.07, 6.45) is 0. The molecule has 1 atom stereocenters. The van der Waals surface area contributed by atoms with Crippen molar-refractivity contribution >= 4 is 40.2 Å². The smallest absolute Gasteiger partial charge is 0.259 e. The zero-order valence-electron chi connectivity index (χ0n) is 8.20. The Morgan fingerprint density at radius 1 is 1.44 bits per heavy atom. The molecule has 8 heteroatoms. The number of methoxy groups -OCH3 is 1. The van der Waals surface area contributed by atoms with E-state index in [1.165, 1.54) is 19.2 Å². The molecular formula is C8H9Cl2NO4S. The van der Waals surface area contributed by atoms with Crippen LogP contribution in [0.1, 0.15) is 0 Å². The molecule has 1 aromatic rings. The van der Waals surface area contributed by atoms with Crippen LogP contribution in [0.15, 0.2) is 12.1 Å². The fraction of sp³-hybridized carbons (Fsp3) is 0.250. The molecule has 16 heavy (non-hydrogen) atoms. The van der Waals surface area contributed by atoms with Gasteiger partial charge in [0.2, 0.25) is 0 Å². The Kier molecular flexibility index (Phi) is 5.30. The fourth-order valence-corrected chi connectivity index (χ4v) is 1.89. The lowest BCUT2D eigenvalue weighted by Gasteiger charge is -2.10. The van der Waals surface area contributed by atoms with Crippen LogP contribution in [0.3, 0.4) is 0 Å². The lowest BCUT2D eigenvalue weighted by Crippen LogP contribution is -2.03. The van der Waals surface area contributed by atoms with Gasteiger partial charge in [-0.15, -0.1) is 0 Å². The van der Waals surface area contributed by atoms with Gasteiger partial charge in [0.1, 0.15) is 0 Å². The first kappa shape index (κ1) is 13.5. The predicted molar refractivity (Wildman–Crippen MR) is 63.4 cm³/mol. The lowest BCUT2D eigenvalue weighted by atomic mass is 10.3. The molecule has 0 fully saturated rings. The number of hydrogen-bond acceptors (Lipinski definition) is 3. The Labute approximate surface area is 105 Å². The van der Waals surface area contributed by atoms with E-state index in [9.17, 15) is 4.21 Å². The van der Waals surface area contributed by atoms with E-state index in [4.69, 9.17) is 37.2 Å². The van der Waals surface area contributed by atoms with Crippen molar-refractivity contribution in [2.45, 2.75) is 0 Å². The van der Waals surface area contributed by atoms with Gasteiger partial charge in [-0.1, -0.05) is 23.2 Å². The molecule has 0 bridgehead atoms. The molecule has 0 saturated heterocycles. The van der Waals surface area contributed by atoms with Crippen LogP contribution in [-0.4, -0.2) is 22.7 Å². The number of ether oxygens (including phenoxy) is 2. The van der Waals surface area contributed by atoms with Gasteiger partial charge in [-0.3, -0.25) is 9.27 Å². The maximum Gasteiger partial charge on any atom is 0.259 e. The summed E-state index contributed by atoms with van der Waals surface area (Å²) in [4.78, 5) is 0. The molecule has 90 valence electrons. The summed E-state index contributed by atoms with van der Waals surface area (Å²) in [5.41, 5.74) is 0.320. The molecule has 0 aliphatic carbocycles. The van der Waals surface area contributed by atoms with Crippen LogP contribution in [0.25, 0.3) is 0 Å². The standard InChI is InChI=1S/C8H9Cl2NO4S/c1-14-4-15-8-6(9)2-5(3-7(8)10)11-16(12)13/h2-3,11H,4H2,1H3,(H,12,13). The highest BCUT2D eigenvalue weighted by molar-refractivity contribution is 7.80. The molecule has 0 saturated carbocycles. The van der Waals surface area contributed by atoms with E-state index < -0.39 is 11.3 Å². The summed E-state index contributed by atoms with van der Waals surface area (Å²) in [5.74, 6) is 0.263. The zero-order chi connectivity index (χ0) is 12.1. The molecule has 0 heterocycles. The molecule has 5 nitrogen and oxygen atoms in total. The van der Waals surface area contributed by atoms with E-state index in [-0.39, 0.29) is 22.6 Å². The van der Waals surface area contributed by atoms with Crippen molar-refractivity contribution in [2.24, 2.45) is 0 Å². The first-order valence-electron chi connectivity index (χ1n) is 4.03. The van der Waals surface area contributed by atoms with Gasteiger partial charge in [0, 0.05) is 7.11 Å². The molecule has 0 radical (unpaired) electrons. The second-order valence-electron chi connectivity index (χ2n) is 2.67. The number of hydrogen-bond donors (Lipinski definition) is 2. The SMILES string of the molecule is COCOc1c(Cl)cc(NS(=O)O)cc1Cl. The van der Waals surface area contributed by atoms with Crippen LogP contribution >= 0.6 is 23.2 Å². The van der Waals surface area contributed by atoms with Crippen LogP contribution in [0, 0.1) is 0 Å². The molecule has 0 aliphatic heterocycles. The van der Waals surface area contributed by atoms with Crippen LogP contribution in [0.4, 0.5) is 5.69 Å². The molecule has 0 amide bonds. The van der Waals surface area contributed by atoms with Crippen molar-refractivity contribution in [3.63, 3.8) is 0 Å². The summed E-state index contributed by atoms with van der Waals surface area (Å²) < 4.78 is 31.2. The highest BCUT2D eigenvalue weighted by Gasteiger charge is 2.10. The molecule has 0 aliphatic rings. The van der Waals surface area contributed by atoms with Crippen molar-refractivity contribution in [1.29, 1.82) is 0 Å². The van der Waals surface area contributed by atoms with E-state index in [0.29, 0.717) is 5.69 Å². The Hall–Kier alpha value is -0.530. The first-order valence-corrected chi connectivity index (χ1v) is 5.89. The summed E-state index contributed by atoms with van der Waals surface area (Å²) in [7, 11) is 1.46. The monoisotopic (exact) mass is 285 g/mol.